The van der Waals surface area contributed by atoms with Crippen molar-refractivity contribution in [3.8, 4) is 0 Å². The van der Waals surface area contributed by atoms with Crippen molar-refractivity contribution < 1.29 is 0 Å². The van der Waals surface area contributed by atoms with Gasteiger partial charge in [-0.25, -0.2) is 0 Å². The second kappa shape index (κ2) is 20.5. The van der Waals surface area contributed by atoms with Gasteiger partial charge in [-0.2, -0.15) is 0 Å². The van der Waals surface area contributed by atoms with Gasteiger partial charge in [-0.1, -0.05) is 0 Å². The summed E-state index contributed by atoms with van der Waals surface area (Å²) >= 11 is 5.24. The van der Waals surface area contributed by atoms with E-state index in [-0.39, 0.29) is 0 Å². The summed E-state index contributed by atoms with van der Waals surface area (Å²) < 4.78 is 3.29. The minimum absolute atomic E-state index is 0.523. The standard InChI is InChI=1S/C24H38S2Se2/c1-7-13-19-25-23(21(15-9-3)16-10-4)27-28-24(26-20-14-8-2)22(17-11-5)18-12-6/h9-12H,3-8,13-20H2,1-2H3. The summed E-state index contributed by atoms with van der Waals surface area (Å²) in [6.07, 6.45) is 17.3. The van der Waals surface area contributed by atoms with E-state index in [1.54, 1.807) is 18.8 Å². The molecule has 0 aliphatic carbocycles. The number of unbranched alkanes of at least 4 members (excludes halogenated alkanes) is 2. The molecule has 0 atom stereocenters. The van der Waals surface area contributed by atoms with Gasteiger partial charge >= 0.3 is 196 Å². The molecule has 0 aromatic carbocycles. The molecule has 0 amide bonds. The maximum absolute atomic E-state index is 3.98. The quantitative estimate of drug-likeness (QED) is 0.0909. The summed E-state index contributed by atoms with van der Waals surface area (Å²) in [4.78, 5) is 0. The summed E-state index contributed by atoms with van der Waals surface area (Å²) in [6.45, 7) is 20.5. The molecule has 0 saturated carbocycles. The normalized spacial score (nSPS) is 10.2. The monoisotopic (exact) mass is 550 g/mol. The molecule has 0 fully saturated rings. The average Bonchev–Trinajstić information content (AvgIpc) is 2.69. The Morgan fingerprint density at radius 3 is 1.21 bits per heavy atom. The van der Waals surface area contributed by atoms with Gasteiger partial charge in [0, 0.05) is 0 Å². The van der Waals surface area contributed by atoms with Gasteiger partial charge in [0.2, 0.25) is 0 Å². The Kier molecular flexibility index (Phi) is 20.6. The average molecular weight is 549 g/mol. The Labute approximate surface area is 194 Å². The molecule has 0 spiro atoms. The summed E-state index contributed by atoms with van der Waals surface area (Å²) in [5, 5.41) is 0. The minimum atomic E-state index is 0.523. The third-order valence-corrected chi connectivity index (χ3v) is 17.3. The van der Waals surface area contributed by atoms with Crippen LogP contribution in [0.25, 0.3) is 0 Å². The van der Waals surface area contributed by atoms with Crippen molar-refractivity contribution in [1.82, 2.24) is 0 Å². The molecule has 158 valence electrons. The van der Waals surface area contributed by atoms with Gasteiger partial charge in [-0.3, -0.25) is 0 Å². The summed E-state index contributed by atoms with van der Waals surface area (Å²) in [7, 11) is 0. The Hall–Kier alpha value is 0.179. The molecule has 0 heterocycles. The molecular weight excluding hydrogens is 510 g/mol. The van der Waals surface area contributed by atoms with Gasteiger partial charge in [0.15, 0.2) is 0 Å². The first-order valence-electron chi connectivity index (χ1n) is 10.2. The van der Waals surface area contributed by atoms with Crippen LogP contribution >= 0.6 is 23.5 Å². The third-order valence-electron chi connectivity index (χ3n) is 3.80. The molecule has 0 saturated heterocycles. The van der Waals surface area contributed by atoms with Crippen LogP contribution in [0.4, 0.5) is 0 Å². The van der Waals surface area contributed by atoms with Crippen molar-refractivity contribution >= 4 is 49.8 Å². The Morgan fingerprint density at radius 1 is 0.643 bits per heavy atom. The molecule has 0 aliphatic heterocycles. The van der Waals surface area contributed by atoms with E-state index in [4.69, 9.17) is 0 Å². The topological polar surface area (TPSA) is 0 Å². The van der Waals surface area contributed by atoms with Crippen LogP contribution in [0, 0.1) is 0 Å². The van der Waals surface area contributed by atoms with Crippen LogP contribution in [0.5, 0.6) is 0 Å². The Morgan fingerprint density at radius 2 is 0.964 bits per heavy atom. The van der Waals surface area contributed by atoms with Crippen LogP contribution in [-0.4, -0.2) is 37.8 Å². The van der Waals surface area contributed by atoms with Crippen molar-refractivity contribution in [1.29, 1.82) is 0 Å². The zero-order valence-corrected chi connectivity index (χ0v) is 22.9. The molecule has 0 unspecified atom stereocenters. The summed E-state index contributed by atoms with van der Waals surface area (Å²) in [5.41, 5.74) is 3.08. The molecular formula is C24H38S2Se2. The maximum atomic E-state index is 3.98. The van der Waals surface area contributed by atoms with E-state index in [1.807, 2.05) is 0 Å². The number of hydrogen-bond donors (Lipinski definition) is 0. The van der Waals surface area contributed by atoms with Gasteiger partial charge in [0.05, 0.1) is 0 Å². The first kappa shape index (κ1) is 28.2. The van der Waals surface area contributed by atoms with E-state index in [0.717, 1.165) is 25.7 Å². The predicted molar refractivity (Wildman–Crippen MR) is 140 cm³/mol. The zero-order chi connectivity index (χ0) is 21.0. The van der Waals surface area contributed by atoms with Crippen molar-refractivity contribution in [2.45, 2.75) is 65.2 Å². The van der Waals surface area contributed by atoms with Crippen LogP contribution < -0.4 is 0 Å². The fourth-order valence-corrected chi connectivity index (χ4v) is 16.7. The predicted octanol–water partition coefficient (Wildman–Crippen LogP) is 8.10. The molecule has 0 rings (SSSR count). The Bertz CT molecular complexity index is 461. The van der Waals surface area contributed by atoms with E-state index < -0.39 is 0 Å². The summed E-state index contributed by atoms with van der Waals surface area (Å²) in [6, 6.07) is 0. The van der Waals surface area contributed by atoms with Crippen LogP contribution in [0.3, 0.4) is 0 Å². The van der Waals surface area contributed by atoms with E-state index >= 15 is 0 Å². The van der Waals surface area contributed by atoms with Crippen molar-refractivity contribution in [3.63, 3.8) is 0 Å². The van der Waals surface area contributed by atoms with Crippen molar-refractivity contribution in [2.24, 2.45) is 0 Å². The molecule has 0 aromatic heterocycles. The van der Waals surface area contributed by atoms with E-state index in [1.165, 1.54) is 37.2 Å². The van der Waals surface area contributed by atoms with Crippen LogP contribution in [-0.2, 0) is 0 Å². The number of allylic oxidation sites excluding steroid dienone is 6. The molecule has 4 heteroatoms. The Balaban J connectivity index is 5.54. The van der Waals surface area contributed by atoms with Gasteiger partial charge in [-0.05, 0) is 0 Å². The van der Waals surface area contributed by atoms with Crippen LogP contribution in [0.2, 0.25) is 0 Å². The second-order valence-electron chi connectivity index (χ2n) is 6.32. The molecule has 28 heavy (non-hydrogen) atoms. The van der Waals surface area contributed by atoms with Gasteiger partial charge in [-0.15, -0.1) is 0 Å². The number of rotatable bonds is 19. The van der Waals surface area contributed by atoms with E-state index in [0.29, 0.717) is 26.3 Å². The second-order valence-corrected chi connectivity index (χ2v) is 15.7. The molecule has 0 N–H and O–H groups in total. The van der Waals surface area contributed by atoms with E-state index in [9.17, 15) is 0 Å². The molecule has 0 nitrogen and oxygen atoms in total. The number of hydrogen-bond acceptors (Lipinski definition) is 2. The number of thioether (sulfide) groups is 2. The van der Waals surface area contributed by atoms with Gasteiger partial charge in [0.25, 0.3) is 0 Å². The van der Waals surface area contributed by atoms with Crippen LogP contribution in [0.1, 0.15) is 65.2 Å². The third kappa shape index (κ3) is 13.4. The molecule has 0 aliphatic rings. The molecule has 0 radical (unpaired) electrons. The first-order chi connectivity index (χ1) is 13.7. The summed E-state index contributed by atoms with van der Waals surface area (Å²) in [5.74, 6) is 2.46. The fourth-order valence-electron chi connectivity index (χ4n) is 2.26. The molecule has 0 aromatic rings. The molecule has 0 bridgehead atoms. The SMILES string of the molecule is C=CCC(CC=C)=C(SCCCC)[Se][Se]C(SCCCC)=C(CC=C)CC=C. The van der Waals surface area contributed by atoms with Gasteiger partial charge in [0.1, 0.15) is 0 Å². The zero-order valence-electron chi connectivity index (χ0n) is 17.8. The van der Waals surface area contributed by atoms with Crippen molar-refractivity contribution in [3.05, 3.63) is 69.4 Å². The van der Waals surface area contributed by atoms with Crippen molar-refractivity contribution in [2.75, 3.05) is 11.5 Å². The first-order valence-corrected chi connectivity index (χ1v) is 18.2. The fraction of sp³-hybridized carbons (Fsp3) is 0.500. The van der Waals surface area contributed by atoms with Crippen LogP contribution in [0.15, 0.2) is 69.4 Å². The van der Waals surface area contributed by atoms with Gasteiger partial charge < -0.3 is 0 Å². The van der Waals surface area contributed by atoms with E-state index in [2.05, 4.69) is 88.0 Å².